The van der Waals surface area contributed by atoms with Crippen LogP contribution in [-0.4, -0.2) is 10.8 Å². The predicted octanol–water partition coefficient (Wildman–Crippen LogP) is 3.89. The molecule has 2 nitrogen and oxygen atoms in total. The standard InChI is InChI=1S/C13H12BrNOS/c1-2-9-3-4-10(15-8-9)7-12(16)13-11(14)5-6-17-13/h3-6,8H,2,7H2,1H3. The van der Waals surface area contributed by atoms with E-state index in [1.807, 2.05) is 29.8 Å². The number of halogens is 1. The van der Waals surface area contributed by atoms with E-state index in [0.29, 0.717) is 6.42 Å². The Labute approximate surface area is 113 Å². The first-order chi connectivity index (χ1) is 8.20. The second-order valence-corrected chi connectivity index (χ2v) is 5.48. The molecule has 0 aliphatic carbocycles. The van der Waals surface area contributed by atoms with E-state index in [-0.39, 0.29) is 5.78 Å². The molecule has 0 N–H and O–H groups in total. The van der Waals surface area contributed by atoms with Crippen molar-refractivity contribution < 1.29 is 4.79 Å². The summed E-state index contributed by atoms with van der Waals surface area (Å²) in [5, 5.41) is 1.91. The van der Waals surface area contributed by atoms with Crippen LogP contribution in [0.15, 0.2) is 34.2 Å². The molecule has 2 aromatic heterocycles. The Morgan fingerprint density at radius 1 is 1.41 bits per heavy atom. The number of hydrogen-bond acceptors (Lipinski definition) is 3. The third-order valence-corrected chi connectivity index (χ3v) is 4.39. The van der Waals surface area contributed by atoms with Crippen molar-refractivity contribution >= 4 is 33.0 Å². The molecule has 88 valence electrons. The third-order valence-electron chi connectivity index (χ3n) is 2.51. The number of thiophene rings is 1. The van der Waals surface area contributed by atoms with Crippen molar-refractivity contribution in [3.63, 3.8) is 0 Å². The summed E-state index contributed by atoms with van der Waals surface area (Å²) < 4.78 is 0.873. The maximum absolute atomic E-state index is 12.0. The molecule has 2 rings (SSSR count). The van der Waals surface area contributed by atoms with Gasteiger partial charge in [0.15, 0.2) is 5.78 Å². The molecule has 0 spiro atoms. The Morgan fingerprint density at radius 2 is 2.24 bits per heavy atom. The topological polar surface area (TPSA) is 30.0 Å². The van der Waals surface area contributed by atoms with Crippen LogP contribution in [0.4, 0.5) is 0 Å². The Balaban J connectivity index is 2.10. The number of rotatable bonds is 4. The lowest BCUT2D eigenvalue weighted by Crippen LogP contribution is -2.03. The molecule has 0 aliphatic rings. The van der Waals surface area contributed by atoms with Gasteiger partial charge in [-0.2, -0.15) is 0 Å². The summed E-state index contributed by atoms with van der Waals surface area (Å²) in [7, 11) is 0. The van der Waals surface area contributed by atoms with Gasteiger partial charge in [0.05, 0.1) is 11.3 Å². The van der Waals surface area contributed by atoms with Gasteiger partial charge in [0.1, 0.15) is 0 Å². The van der Waals surface area contributed by atoms with Gasteiger partial charge in [-0.3, -0.25) is 9.78 Å². The second-order valence-electron chi connectivity index (χ2n) is 3.71. The largest absolute Gasteiger partial charge is 0.293 e. The smallest absolute Gasteiger partial charge is 0.179 e. The Hall–Kier alpha value is -1.000. The van der Waals surface area contributed by atoms with E-state index in [9.17, 15) is 4.79 Å². The first-order valence-electron chi connectivity index (χ1n) is 5.40. The van der Waals surface area contributed by atoms with Crippen molar-refractivity contribution in [1.82, 2.24) is 4.98 Å². The minimum absolute atomic E-state index is 0.114. The zero-order valence-corrected chi connectivity index (χ0v) is 11.8. The summed E-state index contributed by atoms with van der Waals surface area (Å²) in [6.45, 7) is 2.09. The molecular formula is C13H12BrNOS. The third kappa shape index (κ3) is 3.01. The second kappa shape index (κ2) is 5.56. The van der Waals surface area contributed by atoms with Crippen LogP contribution in [0.1, 0.15) is 27.9 Å². The monoisotopic (exact) mass is 309 g/mol. The summed E-state index contributed by atoms with van der Waals surface area (Å²) in [4.78, 5) is 17.1. The molecule has 4 heteroatoms. The highest BCUT2D eigenvalue weighted by Crippen LogP contribution is 2.24. The number of carbonyl (C=O) groups excluding carboxylic acids is 1. The molecule has 0 saturated carbocycles. The zero-order valence-electron chi connectivity index (χ0n) is 9.44. The lowest BCUT2D eigenvalue weighted by molar-refractivity contribution is 0.0995. The minimum atomic E-state index is 0.114. The number of aryl methyl sites for hydroxylation is 1. The minimum Gasteiger partial charge on any atom is -0.293 e. The van der Waals surface area contributed by atoms with Crippen molar-refractivity contribution in [2.75, 3.05) is 0 Å². The lowest BCUT2D eigenvalue weighted by Gasteiger charge is -2.01. The van der Waals surface area contributed by atoms with Crippen LogP contribution in [0.3, 0.4) is 0 Å². The van der Waals surface area contributed by atoms with Gasteiger partial charge in [0.25, 0.3) is 0 Å². The SMILES string of the molecule is CCc1ccc(CC(=O)c2sccc2Br)nc1. The van der Waals surface area contributed by atoms with Crippen molar-refractivity contribution in [2.24, 2.45) is 0 Å². The number of pyridine rings is 1. The number of ketones is 1. The average Bonchev–Trinajstić information content (AvgIpc) is 2.76. The molecule has 2 heterocycles. The maximum Gasteiger partial charge on any atom is 0.179 e. The molecule has 0 aliphatic heterocycles. The summed E-state index contributed by atoms with van der Waals surface area (Å²) in [6, 6.07) is 5.85. The fourth-order valence-electron chi connectivity index (χ4n) is 1.51. The summed E-state index contributed by atoms with van der Waals surface area (Å²) in [5.41, 5.74) is 2.02. The highest BCUT2D eigenvalue weighted by Gasteiger charge is 2.12. The van der Waals surface area contributed by atoms with E-state index in [0.717, 1.165) is 21.5 Å². The van der Waals surface area contributed by atoms with Crippen LogP contribution >= 0.6 is 27.3 Å². The van der Waals surface area contributed by atoms with Gasteiger partial charge < -0.3 is 0 Å². The molecule has 0 bridgehead atoms. The fourth-order valence-corrected chi connectivity index (χ4v) is 3.04. The number of carbonyl (C=O) groups is 1. The molecule has 0 atom stereocenters. The Kier molecular flexibility index (Phi) is 4.07. The highest BCUT2D eigenvalue weighted by atomic mass is 79.9. The summed E-state index contributed by atoms with van der Waals surface area (Å²) in [5.74, 6) is 0.114. The van der Waals surface area contributed by atoms with Crippen LogP contribution in [-0.2, 0) is 12.8 Å². The van der Waals surface area contributed by atoms with Gasteiger partial charge in [-0.15, -0.1) is 11.3 Å². The first-order valence-corrected chi connectivity index (χ1v) is 7.08. The number of Topliss-reactive ketones (excluding diaryl/α,β-unsaturated/α-hetero) is 1. The summed E-state index contributed by atoms with van der Waals surface area (Å²) in [6.07, 6.45) is 3.17. The molecule has 17 heavy (non-hydrogen) atoms. The number of hydrogen-bond donors (Lipinski definition) is 0. The van der Waals surface area contributed by atoms with E-state index in [2.05, 4.69) is 27.8 Å². The van der Waals surface area contributed by atoms with Crippen LogP contribution in [0.2, 0.25) is 0 Å². The average molecular weight is 310 g/mol. The molecule has 2 aromatic rings. The maximum atomic E-state index is 12.0. The van der Waals surface area contributed by atoms with Crippen molar-refractivity contribution in [2.45, 2.75) is 19.8 Å². The van der Waals surface area contributed by atoms with Crippen molar-refractivity contribution in [1.29, 1.82) is 0 Å². The van der Waals surface area contributed by atoms with Gasteiger partial charge >= 0.3 is 0 Å². The van der Waals surface area contributed by atoms with E-state index in [4.69, 9.17) is 0 Å². The Bertz CT molecular complexity index is 518. The number of aromatic nitrogens is 1. The molecule has 0 fully saturated rings. The Morgan fingerprint density at radius 3 is 2.76 bits per heavy atom. The zero-order chi connectivity index (χ0) is 12.3. The van der Waals surface area contributed by atoms with E-state index < -0.39 is 0 Å². The van der Waals surface area contributed by atoms with Gasteiger partial charge in [-0.05, 0) is 45.4 Å². The quantitative estimate of drug-likeness (QED) is 0.802. The van der Waals surface area contributed by atoms with Gasteiger partial charge in [-0.1, -0.05) is 13.0 Å². The molecule has 0 radical (unpaired) electrons. The molecule has 0 aromatic carbocycles. The predicted molar refractivity (Wildman–Crippen MR) is 73.7 cm³/mol. The number of nitrogens with zero attached hydrogens (tertiary/aromatic N) is 1. The van der Waals surface area contributed by atoms with Crippen LogP contribution < -0.4 is 0 Å². The molecule has 0 amide bonds. The van der Waals surface area contributed by atoms with Gasteiger partial charge in [0.2, 0.25) is 0 Å². The van der Waals surface area contributed by atoms with Crippen molar-refractivity contribution in [3.05, 3.63) is 50.4 Å². The first kappa shape index (κ1) is 12.5. The van der Waals surface area contributed by atoms with E-state index in [1.54, 1.807) is 0 Å². The lowest BCUT2D eigenvalue weighted by atomic mass is 10.1. The van der Waals surface area contributed by atoms with Gasteiger partial charge in [0, 0.05) is 16.4 Å². The van der Waals surface area contributed by atoms with Crippen LogP contribution in [0.5, 0.6) is 0 Å². The molecule has 0 saturated heterocycles. The molecule has 0 unspecified atom stereocenters. The normalized spacial score (nSPS) is 10.5. The van der Waals surface area contributed by atoms with E-state index in [1.165, 1.54) is 16.9 Å². The molecular weight excluding hydrogens is 298 g/mol. The van der Waals surface area contributed by atoms with Crippen molar-refractivity contribution in [3.8, 4) is 0 Å². The van der Waals surface area contributed by atoms with E-state index >= 15 is 0 Å². The fraction of sp³-hybridized carbons (Fsp3) is 0.231. The highest BCUT2D eigenvalue weighted by molar-refractivity contribution is 9.10. The van der Waals surface area contributed by atoms with Crippen LogP contribution in [0.25, 0.3) is 0 Å². The van der Waals surface area contributed by atoms with Gasteiger partial charge in [-0.25, -0.2) is 0 Å². The summed E-state index contributed by atoms with van der Waals surface area (Å²) >= 11 is 4.83. The van der Waals surface area contributed by atoms with Crippen LogP contribution in [0, 0.1) is 0 Å².